The van der Waals surface area contributed by atoms with Crippen molar-refractivity contribution in [2.75, 3.05) is 12.4 Å². The van der Waals surface area contributed by atoms with Gasteiger partial charge in [-0.2, -0.15) is 5.26 Å². The lowest BCUT2D eigenvalue weighted by atomic mass is 10.1. The molecule has 0 bridgehead atoms. The van der Waals surface area contributed by atoms with E-state index in [1.807, 2.05) is 25.1 Å². The third kappa shape index (κ3) is 4.06. The number of carbonyl (C=O) groups is 2. The van der Waals surface area contributed by atoms with E-state index < -0.39 is 0 Å². The van der Waals surface area contributed by atoms with E-state index in [0.717, 1.165) is 29.0 Å². The Morgan fingerprint density at radius 1 is 1.32 bits per heavy atom. The average Bonchev–Trinajstić information content (AvgIpc) is 3.39. The Labute approximate surface area is 150 Å². The maximum absolute atomic E-state index is 12.7. The Morgan fingerprint density at radius 2 is 2.00 bits per heavy atom. The molecule has 6 heteroatoms. The number of amides is 2. The lowest BCUT2D eigenvalue weighted by molar-refractivity contribution is -0.117. The molecule has 0 radical (unpaired) electrons. The molecule has 0 aliphatic heterocycles. The lowest BCUT2D eigenvalue weighted by Crippen LogP contribution is -2.25. The van der Waals surface area contributed by atoms with Crippen LogP contribution >= 0.6 is 11.3 Å². The highest BCUT2D eigenvalue weighted by molar-refractivity contribution is 7.18. The summed E-state index contributed by atoms with van der Waals surface area (Å²) in [6, 6.07) is 11.1. The Hall–Kier alpha value is -2.65. The van der Waals surface area contributed by atoms with Crippen molar-refractivity contribution in [3.05, 3.63) is 51.9 Å². The minimum Gasteiger partial charge on any atom is -0.337 e. The van der Waals surface area contributed by atoms with E-state index in [4.69, 9.17) is 5.26 Å². The molecule has 0 spiro atoms. The molecule has 1 heterocycles. The summed E-state index contributed by atoms with van der Waals surface area (Å²) in [5.41, 5.74) is 2.43. The third-order valence-electron chi connectivity index (χ3n) is 4.16. The number of hydrogen-bond donors (Lipinski definition) is 1. The number of nitrogens with one attached hydrogen (secondary N) is 1. The van der Waals surface area contributed by atoms with Crippen molar-refractivity contribution >= 4 is 28.2 Å². The molecule has 2 aromatic rings. The van der Waals surface area contributed by atoms with Gasteiger partial charge in [0.1, 0.15) is 0 Å². The van der Waals surface area contributed by atoms with Crippen LogP contribution in [0.1, 0.15) is 39.2 Å². The summed E-state index contributed by atoms with van der Waals surface area (Å²) in [5.74, 6) is 0.116. The molecule has 0 atom stereocenters. The van der Waals surface area contributed by atoms with E-state index in [9.17, 15) is 9.59 Å². The zero-order valence-corrected chi connectivity index (χ0v) is 15.0. The Morgan fingerprint density at radius 3 is 2.60 bits per heavy atom. The van der Waals surface area contributed by atoms with Gasteiger partial charge < -0.3 is 10.2 Å². The first kappa shape index (κ1) is 17.2. The summed E-state index contributed by atoms with van der Waals surface area (Å²) in [6.45, 7) is 2.34. The standard InChI is InChI=1S/C19H19N3O2S/c1-12-9-16(21-18(23)15-7-8-15)25-17(12)19(24)22(2)11-14-5-3-13(10-20)4-6-14/h3-6,9,15H,7-8,11H2,1-2H3,(H,21,23). The fraction of sp³-hybridized carbons (Fsp3) is 0.316. The van der Waals surface area contributed by atoms with Crippen molar-refractivity contribution in [1.29, 1.82) is 5.26 Å². The van der Waals surface area contributed by atoms with Crippen molar-refractivity contribution in [2.24, 2.45) is 5.92 Å². The largest absolute Gasteiger partial charge is 0.337 e. The van der Waals surface area contributed by atoms with Crippen molar-refractivity contribution < 1.29 is 9.59 Å². The van der Waals surface area contributed by atoms with Gasteiger partial charge in [-0.05, 0) is 49.1 Å². The molecule has 1 N–H and O–H groups in total. The summed E-state index contributed by atoms with van der Waals surface area (Å²) in [6.07, 6.45) is 1.91. The van der Waals surface area contributed by atoms with Crippen LogP contribution in [-0.2, 0) is 11.3 Å². The predicted octanol–water partition coefficient (Wildman–Crippen LogP) is 3.55. The zero-order valence-electron chi connectivity index (χ0n) is 14.2. The predicted molar refractivity (Wildman–Crippen MR) is 97.4 cm³/mol. The van der Waals surface area contributed by atoms with Gasteiger partial charge in [0.25, 0.3) is 5.91 Å². The van der Waals surface area contributed by atoms with Gasteiger partial charge in [0, 0.05) is 19.5 Å². The van der Waals surface area contributed by atoms with Crippen LogP contribution in [0.2, 0.25) is 0 Å². The summed E-state index contributed by atoms with van der Waals surface area (Å²) in [5, 5.41) is 12.5. The van der Waals surface area contributed by atoms with Crippen LogP contribution in [0.4, 0.5) is 5.00 Å². The Balaban J connectivity index is 1.67. The van der Waals surface area contributed by atoms with E-state index in [1.165, 1.54) is 11.3 Å². The fourth-order valence-electron chi connectivity index (χ4n) is 2.53. The van der Waals surface area contributed by atoms with E-state index >= 15 is 0 Å². The van der Waals surface area contributed by atoms with Crippen LogP contribution in [-0.4, -0.2) is 23.8 Å². The number of rotatable bonds is 5. The van der Waals surface area contributed by atoms with Gasteiger partial charge in [-0.1, -0.05) is 12.1 Å². The molecule has 0 unspecified atom stereocenters. The smallest absolute Gasteiger partial charge is 0.264 e. The van der Waals surface area contributed by atoms with Gasteiger partial charge in [0.2, 0.25) is 5.91 Å². The molecule has 1 saturated carbocycles. The topological polar surface area (TPSA) is 73.2 Å². The Bertz CT molecular complexity index is 845. The van der Waals surface area contributed by atoms with Gasteiger partial charge in [-0.25, -0.2) is 0 Å². The summed E-state index contributed by atoms with van der Waals surface area (Å²) < 4.78 is 0. The van der Waals surface area contributed by atoms with Crippen LogP contribution in [0.5, 0.6) is 0 Å². The van der Waals surface area contributed by atoms with Gasteiger partial charge >= 0.3 is 0 Å². The first-order valence-corrected chi connectivity index (χ1v) is 8.95. The minimum absolute atomic E-state index is 0.0474. The van der Waals surface area contributed by atoms with Crippen LogP contribution in [0, 0.1) is 24.2 Å². The molecule has 2 amide bonds. The van der Waals surface area contributed by atoms with Crippen molar-refractivity contribution in [2.45, 2.75) is 26.3 Å². The number of nitriles is 1. The summed E-state index contributed by atoms with van der Waals surface area (Å²) >= 11 is 1.32. The second-order valence-corrected chi connectivity index (χ2v) is 7.41. The monoisotopic (exact) mass is 353 g/mol. The number of thiophene rings is 1. The SMILES string of the molecule is Cc1cc(NC(=O)C2CC2)sc1C(=O)N(C)Cc1ccc(C#N)cc1. The molecule has 1 aliphatic carbocycles. The highest BCUT2D eigenvalue weighted by Gasteiger charge is 2.30. The quantitative estimate of drug-likeness (QED) is 0.893. The molecule has 25 heavy (non-hydrogen) atoms. The van der Waals surface area contributed by atoms with E-state index in [-0.39, 0.29) is 17.7 Å². The molecule has 1 aromatic carbocycles. The fourth-order valence-corrected chi connectivity index (χ4v) is 3.60. The number of benzene rings is 1. The van der Waals surface area contributed by atoms with Crippen LogP contribution in [0.3, 0.4) is 0 Å². The zero-order chi connectivity index (χ0) is 18.0. The number of nitrogens with zero attached hydrogens (tertiary/aromatic N) is 2. The maximum Gasteiger partial charge on any atom is 0.264 e. The first-order valence-electron chi connectivity index (χ1n) is 8.13. The highest BCUT2D eigenvalue weighted by atomic mass is 32.1. The van der Waals surface area contributed by atoms with Crippen LogP contribution < -0.4 is 5.32 Å². The summed E-state index contributed by atoms with van der Waals surface area (Å²) in [4.78, 5) is 26.9. The molecule has 5 nitrogen and oxygen atoms in total. The summed E-state index contributed by atoms with van der Waals surface area (Å²) in [7, 11) is 1.75. The third-order valence-corrected chi connectivity index (χ3v) is 5.30. The van der Waals surface area contributed by atoms with Gasteiger partial charge in [-0.15, -0.1) is 11.3 Å². The molecule has 1 aromatic heterocycles. The normalized spacial score (nSPS) is 13.2. The molecular formula is C19H19N3O2S. The van der Waals surface area contributed by atoms with Crippen molar-refractivity contribution in [3.63, 3.8) is 0 Å². The molecule has 1 fully saturated rings. The second kappa shape index (κ2) is 7.08. The molecule has 3 rings (SSSR count). The highest BCUT2D eigenvalue weighted by Crippen LogP contribution is 2.33. The van der Waals surface area contributed by atoms with E-state index in [1.54, 1.807) is 24.1 Å². The van der Waals surface area contributed by atoms with E-state index in [2.05, 4.69) is 11.4 Å². The number of aryl methyl sites for hydroxylation is 1. The van der Waals surface area contributed by atoms with Crippen LogP contribution in [0.15, 0.2) is 30.3 Å². The van der Waals surface area contributed by atoms with Gasteiger partial charge in [-0.3, -0.25) is 9.59 Å². The molecule has 0 saturated heterocycles. The van der Waals surface area contributed by atoms with E-state index in [0.29, 0.717) is 17.0 Å². The molecular weight excluding hydrogens is 334 g/mol. The average molecular weight is 353 g/mol. The maximum atomic E-state index is 12.7. The number of carbonyl (C=O) groups excluding carboxylic acids is 2. The first-order chi connectivity index (χ1) is 12.0. The lowest BCUT2D eigenvalue weighted by Gasteiger charge is -2.17. The van der Waals surface area contributed by atoms with Gasteiger partial charge in [0.15, 0.2) is 0 Å². The van der Waals surface area contributed by atoms with Crippen molar-refractivity contribution in [1.82, 2.24) is 4.90 Å². The Kier molecular flexibility index (Phi) is 4.86. The van der Waals surface area contributed by atoms with Crippen LogP contribution in [0.25, 0.3) is 0 Å². The minimum atomic E-state index is -0.0706. The van der Waals surface area contributed by atoms with Gasteiger partial charge in [0.05, 0.1) is 21.5 Å². The molecule has 128 valence electrons. The number of anilines is 1. The molecule has 1 aliphatic rings. The second-order valence-electron chi connectivity index (χ2n) is 6.36. The van der Waals surface area contributed by atoms with Crippen molar-refractivity contribution in [3.8, 4) is 6.07 Å². The number of hydrogen-bond acceptors (Lipinski definition) is 4.